The molecule has 1 aliphatic rings. The van der Waals surface area contributed by atoms with Gasteiger partial charge in [-0.1, -0.05) is 6.07 Å². The Balaban J connectivity index is 1.59. The van der Waals surface area contributed by atoms with Gasteiger partial charge in [-0.25, -0.2) is 15.0 Å². The summed E-state index contributed by atoms with van der Waals surface area (Å²) in [5.41, 5.74) is 8.30. The maximum atomic E-state index is 12.2. The minimum Gasteiger partial charge on any atom is -0.454 e. The Hall–Kier alpha value is -4.34. The summed E-state index contributed by atoms with van der Waals surface area (Å²) in [4.78, 5) is 45.6. The number of fused-ring (bicyclic) bond motifs is 1. The number of nitrogens with two attached hydrogens (primary N) is 1. The molecule has 5 rings (SSSR count). The van der Waals surface area contributed by atoms with E-state index in [-0.39, 0.29) is 17.8 Å². The number of nitrogens with zero attached hydrogens (tertiary/aromatic N) is 5. The lowest BCUT2D eigenvalue weighted by Gasteiger charge is -2.25. The fourth-order valence-electron chi connectivity index (χ4n) is 4.12. The maximum Gasteiger partial charge on any atom is 0.286 e. The highest BCUT2D eigenvalue weighted by molar-refractivity contribution is 5.88. The van der Waals surface area contributed by atoms with Crippen LogP contribution >= 0.6 is 0 Å². The van der Waals surface area contributed by atoms with Gasteiger partial charge in [0.15, 0.2) is 11.6 Å². The number of carbonyl (C=O) groups is 2. The van der Waals surface area contributed by atoms with Gasteiger partial charge in [0.25, 0.3) is 5.91 Å². The molecule has 33 heavy (non-hydrogen) atoms. The monoisotopic (exact) mass is 443 g/mol. The summed E-state index contributed by atoms with van der Waals surface area (Å²) in [6.45, 7) is 2.26. The van der Waals surface area contributed by atoms with E-state index in [0.29, 0.717) is 29.4 Å². The second-order valence-corrected chi connectivity index (χ2v) is 7.79. The average Bonchev–Trinajstić information content (AvgIpc) is 3.46. The van der Waals surface area contributed by atoms with Crippen LogP contribution in [0.25, 0.3) is 22.6 Å². The Morgan fingerprint density at radius 2 is 2.00 bits per heavy atom. The van der Waals surface area contributed by atoms with Crippen molar-refractivity contribution in [1.29, 1.82) is 0 Å². The van der Waals surface area contributed by atoms with Crippen molar-refractivity contribution in [2.75, 3.05) is 6.54 Å². The molecule has 3 aromatic heterocycles. The van der Waals surface area contributed by atoms with Crippen LogP contribution < -0.4 is 10.5 Å². The van der Waals surface area contributed by atoms with E-state index in [1.807, 2.05) is 35.2 Å². The molecular weight excluding hydrogens is 422 g/mol. The Bertz CT molecular complexity index is 1340. The van der Waals surface area contributed by atoms with E-state index in [2.05, 4.69) is 24.9 Å². The van der Waals surface area contributed by atoms with Gasteiger partial charge in [0.1, 0.15) is 11.4 Å². The summed E-state index contributed by atoms with van der Waals surface area (Å²) in [5, 5.41) is 0. The first-order valence-corrected chi connectivity index (χ1v) is 10.5. The molecule has 1 fully saturated rings. The molecule has 2 amide bonds. The van der Waals surface area contributed by atoms with Gasteiger partial charge in [0, 0.05) is 31.3 Å². The van der Waals surface area contributed by atoms with E-state index in [4.69, 9.17) is 10.5 Å². The summed E-state index contributed by atoms with van der Waals surface area (Å²) >= 11 is 0. The number of carbonyl (C=O) groups excluding carboxylic acids is 2. The van der Waals surface area contributed by atoms with E-state index < -0.39 is 5.91 Å². The predicted octanol–water partition coefficient (Wildman–Crippen LogP) is 2.99. The summed E-state index contributed by atoms with van der Waals surface area (Å²) in [6.07, 6.45) is 6.21. The highest BCUT2D eigenvalue weighted by Gasteiger charge is 2.31. The number of ether oxygens (including phenoxy) is 1. The molecule has 1 unspecified atom stereocenters. The quantitative estimate of drug-likeness (QED) is 0.483. The van der Waals surface area contributed by atoms with Gasteiger partial charge >= 0.3 is 0 Å². The van der Waals surface area contributed by atoms with Crippen LogP contribution in [-0.4, -0.2) is 48.2 Å². The topological polar surface area (TPSA) is 140 Å². The van der Waals surface area contributed by atoms with Gasteiger partial charge in [-0.2, -0.15) is 0 Å². The number of likely N-dealkylation sites (tertiary alicyclic amines) is 1. The number of aromatic amines is 1. The zero-order chi connectivity index (χ0) is 22.9. The number of imidazole rings is 1. The molecule has 3 N–H and O–H groups in total. The minimum atomic E-state index is -0.717. The Morgan fingerprint density at radius 3 is 2.70 bits per heavy atom. The molecule has 0 bridgehead atoms. The molecule has 4 heterocycles. The van der Waals surface area contributed by atoms with Crippen molar-refractivity contribution in [3.05, 3.63) is 60.3 Å². The number of nitrogens with one attached hydrogen (secondary N) is 1. The second-order valence-electron chi connectivity index (χ2n) is 7.79. The predicted molar refractivity (Wildman–Crippen MR) is 119 cm³/mol. The smallest absolute Gasteiger partial charge is 0.286 e. The van der Waals surface area contributed by atoms with Gasteiger partial charge in [-0.15, -0.1) is 0 Å². The molecule has 10 heteroatoms. The number of amides is 2. The molecule has 0 radical (unpaired) electrons. The van der Waals surface area contributed by atoms with Crippen LogP contribution in [0, 0.1) is 0 Å². The normalized spacial score (nSPS) is 15.7. The molecule has 0 spiro atoms. The van der Waals surface area contributed by atoms with Crippen molar-refractivity contribution >= 4 is 22.8 Å². The SMILES string of the molecule is CC(=O)N1CCCC1c1cc2[nH]c(-c3ccccn3)nc2cc1Oc1cnc(C(N)=O)nc1. The van der Waals surface area contributed by atoms with E-state index in [9.17, 15) is 9.59 Å². The van der Waals surface area contributed by atoms with Crippen LogP contribution in [0.1, 0.15) is 42.0 Å². The van der Waals surface area contributed by atoms with E-state index in [1.54, 1.807) is 13.1 Å². The van der Waals surface area contributed by atoms with Crippen molar-refractivity contribution in [2.45, 2.75) is 25.8 Å². The van der Waals surface area contributed by atoms with E-state index in [0.717, 1.165) is 29.6 Å². The molecule has 10 nitrogen and oxygen atoms in total. The summed E-state index contributed by atoms with van der Waals surface area (Å²) in [6, 6.07) is 9.28. The van der Waals surface area contributed by atoms with E-state index >= 15 is 0 Å². The third-order valence-corrected chi connectivity index (χ3v) is 5.61. The lowest BCUT2D eigenvalue weighted by Crippen LogP contribution is -2.28. The Labute approximate surface area is 188 Å². The number of benzene rings is 1. The fourth-order valence-corrected chi connectivity index (χ4v) is 4.12. The van der Waals surface area contributed by atoms with Crippen molar-refractivity contribution in [3.8, 4) is 23.0 Å². The molecule has 166 valence electrons. The van der Waals surface area contributed by atoms with Crippen LogP contribution in [0.2, 0.25) is 0 Å². The van der Waals surface area contributed by atoms with Crippen LogP contribution in [0.3, 0.4) is 0 Å². The van der Waals surface area contributed by atoms with Crippen molar-refractivity contribution in [2.24, 2.45) is 5.73 Å². The first kappa shape index (κ1) is 20.6. The van der Waals surface area contributed by atoms with Crippen LogP contribution in [0.15, 0.2) is 48.9 Å². The lowest BCUT2D eigenvalue weighted by atomic mass is 10.0. The number of hydrogen-bond acceptors (Lipinski definition) is 7. The zero-order valence-corrected chi connectivity index (χ0v) is 17.9. The van der Waals surface area contributed by atoms with Gasteiger partial charge in [0.05, 0.1) is 29.5 Å². The molecule has 4 aromatic rings. The average molecular weight is 443 g/mol. The van der Waals surface area contributed by atoms with Crippen LogP contribution in [-0.2, 0) is 4.79 Å². The van der Waals surface area contributed by atoms with Gasteiger partial charge in [-0.05, 0) is 31.0 Å². The second kappa shape index (κ2) is 8.30. The number of rotatable bonds is 5. The summed E-state index contributed by atoms with van der Waals surface area (Å²) < 4.78 is 6.12. The third kappa shape index (κ3) is 3.98. The summed E-state index contributed by atoms with van der Waals surface area (Å²) in [7, 11) is 0. The molecule has 1 saturated heterocycles. The van der Waals surface area contributed by atoms with Crippen molar-refractivity contribution in [1.82, 2.24) is 29.8 Å². The first-order chi connectivity index (χ1) is 16.0. The Morgan fingerprint density at radius 1 is 1.18 bits per heavy atom. The molecule has 0 aliphatic carbocycles. The minimum absolute atomic E-state index is 0.0106. The van der Waals surface area contributed by atoms with Gasteiger partial charge in [0.2, 0.25) is 11.7 Å². The summed E-state index contributed by atoms with van der Waals surface area (Å²) in [5.74, 6) is 0.715. The highest BCUT2D eigenvalue weighted by Crippen LogP contribution is 2.40. The third-order valence-electron chi connectivity index (χ3n) is 5.61. The number of hydrogen-bond donors (Lipinski definition) is 2. The van der Waals surface area contributed by atoms with Crippen LogP contribution in [0.4, 0.5) is 0 Å². The molecule has 1 aromatic carbocycles. The lowest BCUT2D eigenvalue weighted by molar-refractivity contribution is -0.129. The fraction of sp³-hybridized carbons (Fsp3) is 0.217. The number of aromatic nitrogens is 5. The number of primary amides is 1. The van der Waals surface area contributed by atoms with Crippen molar-refractivity contribution < 1.29 is 14.3 Å². The largest absolute Gasteiger partial charge is 0.454 e. The highest BCUT2D eigenvalue weighted by atomic mass is 16.5. The first-order valence-electron chi connectivity index (χ1n) is 10.5. The van der Waals surface area contributed by atoms with E-state index in [1.165, 1.54) is 12.4 Å². The zero-order valence-electron chi connectivity index (χ0n) is 17.9. The molecule has 1 aliphatic heterocycles. The molecule has 1 atom stereocenters. The molecular formula is C23H21N7O3. The van der Waals surface area contributed by atoms with Gasteiger partial charge < -0.3 is 20.4 Å². The van der Waals surface area contributed by atoms with Gasteiger partial charge in [-0.3, -0.25) is 14.6 Å². The number of H-pyrrole nitrogens is 1. The maximum absolute atomic E-state index is 12.2. The number of pyridine rings is 1. The molecule has 0 saturated carbocycles. The van der Waals surface area contributed by atoms with Crippen molar-refractivity contribution in [3.63, 3.8) is 0 Å². The Kier molecular flexibility index (Phi) is 5.17. The van der Waals surface area contributed by atoms with Crippen LogP contribution in [0.5, 0.6) is 11.5 Å². The standard InChI is InChI=1S/C23H21N7O3/c1-13(31)30-8-4-6-19(30)15-9-17-18(29-22(28-17)16-5-2-3-7-25-16)10-20(15)33-14-11-26-23(21(24)32)27-12-14/h2-3,5,7,9-12,19H,4,6,8H2,1H3,(H2,24,32)(H,28,29).